The summed E-state index contributed by atoms with van der Waals surface area (Å²) in [6.07, 6.45) is 1.94. The minimum Gasteiger partial charge on any atom is -0.349 e. The Morgan fingerprint density at radius 3 is 2.28 bits per heavy atom. The van der Waals surface area contributed by atoms with Gasteiger partial charge in [0.05, 0.1) is 11.4 Å². The van der Waals surface area contributed by atoms with Crippen molar-refractivity contribution in [2.75, 3.05) is 24.2 Å². The Kier molecular flexibility index (Phi) is 6.95. The smallest absolute Gasteiger partial charge is 0.251 e. The molecule has 2 aromatic rings. The van der Waals surface area contributed by atoms with Crippen molar-refractivity contribution in [1.29, 1.82) is 0 Å². The molecule has 0 heterocycles. The van der Waals surface area contributed by atoms with E-state index >= 15 is 0 Å². The summed E-state index contributed by atoms with van der Waals surface area (Å²) in [5.41, 5.74) is 2.10. The molecule has 0 bridgehead atoms. The van der Waals surface area contributed by atoms with Gasteiger partial charge in [-0.3, -0.25) is 14.4 Å². The summed E-state index contributed by atoms with van der Waals surface area (Å²) in [7, 11) is -2.61. The highest BCUT2D eigenvalue weighted by molar-refractivity contribution is 7.89. The molecule has 3 N–H and O–H groups in total. The van der Waals surface area contributed by atoms with Crippen LogP contribution >= 0.6 is 0 Å². The molecule has 0 aliphatic heterocycles. The Balaban J connectivity index is 1.66. The first-order valence-electron chi connectivity index (χ1n) is 10.1. The van der Waals surface area contributed by atoms with Crippen LogP contribution in [0.15, 0.2) is 47.4 Å². The predicted octanol–water partition coefficient (Wildman–Crippen LogP) is 2.10. The van der Waals surface area contributed by atoms with E-state index in [1.54, 1.807) is 25.1 Å². The summed E-state index contributed by atoms with van der Waals surface area (Å²) >= 11 is 0. The van der Waals surface area contributed by atoms with Gasteiger partial charge in [-0.15, -0.1) is 0 Å². The Morgan fingerprint density at radius 1 is 1.03 bits per heavy atom. The maximum absolute atomic E-state index is 12.8. The molecule has 1 aliphatic carbocycles. The van der Waals surface area contributed by atoms with Gasteiger partial charge in [0, 0.05) is 37.0 Å². The van der Waals surface area contributed by atoms with Crippen molar-refractivity contribution in [2.24, 2.45) is 0 Å². The second-order valence-electron chi connectivity index (χ2n) is 7.79. The van der Waals surface area contributed by atoms with Crippen LogP contribution in [0.5, 0.6) is 0 Å². The van der Waals surface area contributed by atoms with Gasteiger partial charge in [0.2, 0.25) is 21.8 Å². The van der Waals surface area contributed by atoms with Crippen molar-refractivity contribution in [3.05, 3.63) is 53.6 Å². The number of carbonyl (C=O) groups is 3. The molecule has 170 valence electrons. The van der Waals surface area contributed by atoms with E-state index in [4.69, 9.17) is 0 Å². The van der Waals surface area contributed by atoms with E-state index < -0.39 is 22.5 Å². The van der Waals surface area contributed by atoms with E-state index in [1.807, 2.05) is 0 Å². The van der Waals surface area contributed by atoms with Crippen molar-refractivity contribution in [1.82, 2.24) is 9.62 Å². The number of sulfonamides is 1. The number of aryl methyl sites for hydroxylation is 1. The van der Waals surface area contributed by atoms with Gasteiger partial charge < -0.3 is 16.0 Å². The molecule has 32 heavy (non-hydrogen) atoms. The van der Waals surface area contributed by atoms with Gasteiger partial charge in [-0.05, 0) is 61.7 Å². The molecule has 0 unspecified atom stereocenters. The van der Waals surface area contributed by atoms with Gasteiger partial charge in [-0.2, -0.15) is 4.31 Å². The van der Waals surface area contributed by atoms with E-state index in [9.17, 15) is 22.8 Å². The van der Waals surface area contributed by atoms with Crippen LogP contribution in [0.1, 0.15) is 35.7 Å². The van der Waals surface area contributed by atoms with Gasteiger partial charge in [-0.25, -0.2) is 8.42 Å². The van der Waals surface area contributed by atoms with E-state index in [0.29, 0.717) is 16.9 Å². The van der Waals surface area contributed by atoms with Gasteiger partial charge in [0.15, 0.2) is 0 Å². The molecule has 0 saturated heterocycles. The maximum Gasteiger partial charge on any atom is 0.251 e. The number of hydrogen-bond donors (Lipinski definition) is 3. The first kappa shape index (κ1) is 23.4. The van der Waals surface area contributed by atoms with Gasteiger partial charge >= 0.3 is 0 Å². The standard InChI is InChI=1S/C22H26N4O5S/c1-14-4-5-16(22(29)24-18-6-7-18)12-20(14)25-21(28)13-26(3)32(30,31)19-10-8-17(9-11-19)23-15(2)27/h4-5,8-12,18H,6-7,13H2,1-3H3,(H,23,27)(H,24,29)(H,25,28). The lowest BCUT2D eigenvalue weighted by atomic mass is 10.1. The molecule has 0 aromatic heterocycles. The number of carbonyl (C=O) groups excluding carboxylic acids is 3. The average Bonchev–Trinajstić information content (AvgIpc) is 3.53. The molecule has 1 aliphatic rings. The van der Waals surface area contributed by atoms with E-state index in [0.717, 1.165) is 22.7 Å². The predicted molar refractivity (Wildman–Crippen MR) is 121 cm³/mol. The molecular formula is C22H26N4O5S. The van der Waals surface area contributed by atoms with Crippen LogP contribution in [-0.2, 0) is 19.6 Å². The number of nitrogens with zero attached hydrogens (tertiary/aromatic N) is 1. The van der Waals surface area contributed by atoms with Crippen molar-refractivity contribution >= 4 is 39.1 Å². The van der Waals surface area contributed by atoms with Gasteiger partial charge in [-0.1, -0.05) is 6.07 Å². The summed E-state index contributed by atoms with van der Waals surface area (Å²) in [5.74, 6) is -1.00. The first-order chi connectivity index (χ1) is 15.1. The van der Waals surface area contributed by atoms with Crippen LogP contribution in [0, 0.1) is 6.92 Å². The molecule has 9 nitrogen and oxygen atoms in total. The van der Waals surface area contributed by atoms with Crippen LogP contribution in [0.25, 0.3) is 0 Å². The Bertz CT molecular complexity index is 1140. The normalized spacial score (nSPS) is 13.5. The lowest BCUT2D eigenvalue weighted by molar-refractivity contribution is -0.116. The third-order valence-electron chi connectivity index (χ3n) is 4.94. The van der Waals surface area contributed by atoms with Crippen LogP contribution in [0.3, 0.4) is 0 Å². The highest BCUT2D eigenvalue weighted by Crippen LogP contribution is 2.22. The zero-order valence-electron chi connectivity index (χ0n) is 18.1. The Hall–Kier alpha value is -3.24. The van der Waals surface area contributed by atoms with Crippen LogP contribution in [0.4, 0.5) is 11.4 Å². The quantitative estimate of drug-likeness (QED) is 0.559. The fraction of sp³-hybridized carbons (Fsp3) is 0.318. The third kappa shape index (κ3) is 5.92. The molecular weight excluding hydrogens is 432 g/mol. The number of amides is 3. The molecule has 0 radical (unpaired) electrons. The number of rotatable bonds is 8. The van der Waals surface area contributed by atoms with Gasteiger partial charge in [0.1, 0.15) is 0 Å². The Morgan fingerprint density at radius 2 is 1.69 bits per heavy atom. The minimum absolute atomic E-state index is 0.00294. The highest BCUT2D eigenvalue weighted by atomic mass is 32.2. The van der Waals surface area contributed by atoms with E-state index in [-0.39, 0.29) is 22.8 Å². The summed E-state index contributed by atoms with van der Waals surface area (Å²) in [4.78, 5) is 35.9. The van der Waals surface area contributed by atoms with Crippen LogP contribution in [0.2, 0.25) is 0 Å². The highest BCUT2D eigenvalue weighted by Gasteiger charge is 2.25. The number of hydrogen-bond acceptors (Lipinski definition) is 5. The number of nitrogens with one attached hydrogen (secondary N) is 3. The second-order valence-corrected chi connectivity index (χ2v) is 9.84. The molecule has 3 rings (SSSR count). The summed E-state index contributed by atoms with van der Waals surface area (Å²) in [5, 5.41) is 8.14. The monoisotopic (exact) mass is 458 g/mol. The average molecular weight is 459 g/mol. The molecule has 0 atom stereocenters. The molecule has 1 saturated carbocycles. The number of anilines is 2. The zero-order chi connectivity index (χ0) is 23.5. The van der Waals surface area contributed by atoms with Crippen molar-refractivity contribution in [3.63, 3.8) is 0 Å². The summed E-state index contributed by atoms with van der Waals surface area (Å²) in [6, 6.07) is 10.9. The second kappa shape index (κ2) is 9.49. The van der Waals surface area contributed by atoms with Gasteiger partial charge in [0.25, 0.3) is 5.91 Å². The van der Waals surface area contributed by atoms with Crippen molar-refractivity contribution < 1.29 is 22.8 Å². The lowest BCUT2D eigenvalue weighted by Crippen LogP contribution is -2.35. The third-order valence-corrected chi connectivity index (χ3v) is 6.75. The topological polar surface area (TPSA) is 125 Å². The maximum atomic E-state index is 12.8. The minimum atomic E-state index is -3.91. The Labute approximate surface area is 187 Å². The molecule has 2 aromatic carbocycles. The molecule has 10 heteroatoms. The van der Waals surface area contributed by atoms with Crippen LogP contribution in [-0.4, -0.2) is 50.1 Å². The number of likely N-dealkylation sites (N-methyl/N-ethyl adjacent to an activating group) is 1. The zero-order valence-corrected chi connectivity index (χ0v) is 19.0. The lowest BCUT2D eigenvalue weighted by Gasteiger charge is -2.18. The fourth-order valence-corrected chi connectivity index (χ4v) is 4.09. The van der Waals surface area contributed by atoms with E-state index in [2.05, 4.69) is 16.0 Å². The SMILES string of the molecule is CC(=O)Nc1ccc(S(=O)(=O)N(C)CC(=O)Nc2cc(C(=O)NC3CC3)ccc2C)cc1. The molecule has 1 fully saturated rings. The molecule has 3 amide bonds. The largest absolute Gasteiger partial charge is 0.349 e. The van der Waals surface area contributed by atoms with Crippen LogP contribution < -0.4 is 16.0 Å². The fourth-order valence-electron chi connectivity index (χ4n) is 2.96. The molecule has 0 spiro atoms. The van der Waals surface area contributed by atoms with E-state index in [1.165, 1.54) is 38.2 Å². The summed E-state index contributed by atoms with van der Waals surface area (Å²) < 4.78 is 26.5. The summed E-state index contributed by atoms with van der Waals surface area (Å²) in [6.45, 7) is 2.73. The van der Waals surface area contributed by atoms with Crippen molar-refractivity contribution in [3.8, 4) is 0 Å². The number of benzene rings is 2. The van der Waals surface area contributed by atoms with Crippen molar-refractivity contribution in [2.45, 2.75) is 37.6 Å². The first-order valence-corrected chi connectivity index (χ1v) is 11.6.